The number of aliphatic imine (C=N–C) groups is 1. The van der Waals surface area contributed by atoms with Crippen molar-refractivity contribution in [1.82, 2.24) is 0 Å². The van der Waals surface area contributed by atoms with Crippen LogP contribution in [0.1, 0.15) is 22.5 Å². The molecule has 3 aromatic rings. The molecule has 0 N–H and O–H groups in total. The lowest BCUT2D eigenvalue weighted by molar-refractivity contribution is -0.130. The highest BCUT2D eigenvalue weighted by Gasteiger charge is 2.25. The third-order valence-corrected chi connectivity index (χ3v) is 4.36. The molecule has 6 heteroatoms. The Kier molecular flexibility index (Phi) is 5.16. The summed E-state index contributed by atoms with van der Waals surface area (Å²) in [5, 5.41) is 0. The first kappa shape index (κ1) is 18.6. The van der Waals surface area contributed by atoms with E-state index < -0.39 is 5.97 Å². The predicted octanol–water partition coefficient (Wildman–Crippen LogP) is 4.52. The third-order valence-electron chi connectivity index (χ3n) is 4.36. The summed E-state index contributed by atoms with van der Waals surface area (Å²) in [6.45, 7) is 2.48. The number of rotatable bonds is 6. The van der Waals surface area contributed by atoms with Crippen LogP contribution in [0, 0.1) is 6.92 Å². The van der Waals surface area contributed by atoms with E-state index in [9.17, 15) is 4.79 Å². The maximum Gasteiger partial charge on any atom is 0.363 e. The maximum absolute atomic E-state index is 12.1. The van der Waals surface area contributed by atoms with E-state index in [-0.39, 0.29) is 11.6 Å². The van der Waals surface area contributed by atoms with Crippen molar-refractivity contribution in [3.8, 4) is 11.5 Å². The molecule has 4 rings (SSSR count). The number of hydrogen-bond acceptors (Lipinski definition) is 6. The summed E-state index contributed by atoms with van der Waals surface area (Å²) in [4.78, 5) is 16.3. The van der Waals surface area contributed by atoms with Crippen molar-refractivity contribution < 1.29 is 23.4 Å². The molecule has 0 saturated heterocycles. The van der Waals surface area contributed by atoms with E-state index in [0.717, 1.165) is 11.1 Å². The lowest BCUT2D eigenvalue weighted by Crippen LogP contribution is -2.04. The summed E-state index contributed by atoms with van der Waals surface area (Å²) in [5.41, 5.74) is 3.19. The van der Waals surface area contributed by atoms with E-state index in [1.54, 1.807) is 37.5 Å². The zero-order chi connectivity index (χ0) is 20.2. The summed E-state index contributed by atoms with van der Waals surface area (Å²) in [6, 6.07) is 16.9. The molecule has 0 aliphatic carbocycles. The van der Waals surface area contributed by atoms with Crippen LogP contribution < -0.4 is 9.47 Å². The standard InChI is InChI=1S/C23H19NO5/c1-15-5-7-16(8-6-15)14-28-19-10-9-17(13-21(19)26-2)12-18-23(25)29-22(24-18)20-4-3-11-27-20/h3-13H,14H2,1-2H3. The number of benzene rings is 2. The Morgan fingerprint density at radius 1 is 1.07 bits per heavy atom. The topological polar surface area (TPSA) is 70.3 Å². The zero-order valence-electron chi connectivity index (χ0n) is 16.0. The highest BCUT2D eigenvalue weighted by atomic mass is 16.6. The van der Waals surface area contributed by atoms with Crippen molar-refractivity contribution in [1.29, 1.82) is 0 Å². The van der Waals surface area contributed by atoms with Crippen LogP contribution >= 0.6 is 0 Å². The van der Waals surface area contributed by atoms with Crippen LogP contribution in [0.2, 0.25) is 0 Å². The molecule has 0 spiro atoms. The van der Waals surface area contributed by atoms with E-state index in [1.807, 2.05) is 37.3 Å². The summed E-state index contributed by atoms with van der Waals surface area (Å²) >= 11 is 0. The molecule has 0 bridgehead atoms. The van der Waals surface area contributed by atoms with Crippen molar-refractivity contribution in [2.24, 2.45) is 4.99 Å². The number of carbonyl (C=O) groups excluding carboxylic acids is 1. The number of ether oxygens (including phenoxy) is 3. The molecule has 29 heavy (non-hydrogen) atoms. The van der Waals surface area contributed by atoms with Gasteiger partial charge in [0.1, 0.15) is 6.61 Å². The van der Waals surface area contributed by atoms with E-state index >= 15 is 0 Å². The summed E-state index contributed by atoms with van der Waals surface area (Å²) < 4.78 is 21.7. The zero-order valence-corrected chi connectivity index (χ0v) is 16.0. The van der Waals surface area contributed by atoms with Crippen LogP contribution in [0.15, 0.2) is 76.0 Å². The fraction of sp³-hybridized carbons (Fsp3) is 0.130. The lowest BCUT2D eigenvalue weighted by Gasteiger charge is -2.11. The van der Waals surface area contributed by atoms with Crippen molar-refractivity contribution in [2.45, 2.75) is 13.5 Å². The molecular weight excluding hydrogens is 370 g/mol. The van der Waals surface area contributed by atoms with E-state index in [2.05, 4.69) is 4.99 Å². The van der Waals surface area contributed by atoms with Crippen LogP contribution in [0.4, 0.5) is 0 Å². The maximum atomic E-state index is 12.1. The largest absolute Gasteiger partial charge is 0.493 e. The van der Waals surface area contributed by atoms with Gasteiger partial charge in [0.25, 0.3) is 5.90 Å². The number of cyclic esters (lactones) is 1. The van der Waals surface area contributed by atoms with Gasteiger partial charge >= 0.3 is 5.97 Å². The molecule has 0 fully saturated rings. The molecule has 1 aliphatic heterocycles. The van der Waals surface area contributed by atoms with Crippen molar-refractivity contribution in [3.63, 3.8) is 0 Å². The molecule has 0 atom stereocenters. The molecular formula is C23H19NO5. The first-order valence-electron chi connectivity index (χ1n) is 9.05. The SMILES string of the molecule is COc1cc(C=C2N=C(c3ccco3)OC2=O)ccc1OCc1ccc(C)cc1. The van der Waals surface area contributed by atoms with Gasteiger partial charge in [0.2, 0.25) is 0 Å². The number of hydrogen-bond donors (Lipinski definition) is 0. The Bertz CT molecular complexity index is 1080. The number of methoxy groups -OCH3 is 1. The van der Waals surface area contributed by atoms with Gasteiger partial charge in [0.15, 0.2) is 23.0 Å². The monoisotopic (exact) mass is 389 g/mol. The molecule has 0 saturated carbocycles. The van der Waals surface area contributed by atoms with Gasteiger partial charge in [-0.2, -0.15) is 0 Å². The molecule has 2 heterocycles. The minimum atomic E-state index is -0.532. The number of nitrogens with zero attached hydrogens (tertiary/aromatic N) is 1. The van der Waals surface area contributed by atoms with Crippen molar-refractivity contribution >= 4 is 17.9 Å². The van der Waals surface area contributed by atoms with Crippen LogP contribution in [0.25, 0.3) is 6.08 Å². The lowest BCUT2D eigenvalue weighted by atomic mass is 10.1. The molecule has 1 aliphatic rings. The van der Waals surface area contributed by atoms with Crippen molar-refractivity contribution in [3.05, 3.63) is 89.0 Å². The number of furan rings is 1. The van der Waals surface area contributed by atoms with E-state index in [0.29, 0.717) is 23.9 Å². The molecule has 0 amide bonds. The Balaban J connectivity index is 1.52. The average molecular weight is 389 g/mol. The van der Waals surface area contributed by atoms with Gasteiger partial charge < -0.3 is 18.6 Å². The first-order chi connectivity index (χ1) is 14.1. The third kappa shape index (κ3) is 4.21. The summed E-state index contributed by atoms with van der Waals surface area (Å²) in [5.74, 6) is 1.20. The van der Waals surface area contributed by atoms with Crippen LogP contribution in [0.3, 0.4) is 0 Å². The van der Waals surface area contributed by atoms with Crippen LogP contribution in [-0.2, 0) is 16.1 Å². The second-order valence-electron chi connectivity index (χ2n) is 6.50. The fourth-order valence-electron chi connectivity index (χ4n) is 2.81. The van der Waals surface area contributed by atoms with Gasteiger partial charge in [-0.1, -0.05) is 35.9 Å². The average Bonchev–Trinajstić information content (AvgIpc) is 3.38. The Morgan fingerprint density at radius 2 is 1.90 bits per heavy atom. The van der Waals surface area contributed by atoms with E-state index in [4.69, 9.17) is 18.6 Å². The molecule has 6 nitrogen and oxygen atoms in total. The second-order valence-corrected chi connectivity index (χ2v) is 6.50. The fourth-order valence-corrected chi connectivity index (χ4v) is 2.81. The molecule has 0 unspecified atom stereocenters. The molecule has 2 aromatic carbocycles. The second kappa shape index (κ2) is 8.06. The van der Waals surface area contributed by atoms with Gasteiger partial charge in [0, 0.05) is 0 Å². The van der Waals surface area contributed by atoms with E-state index in [1.165, 1.54) is 11.8 Å². The molecule has 0 radical (unpaired) electrons. The first-order valence-corrected chi connectivity index (χ1v) is 9.05. The van der Waals surface area contributed by atoms with Gasteiger partial charge in [-0.25, -0.2) is 9.79 Å². The predicted molar refractivity (Wildman–Crippen MR) is 108 cm³/mol. The van der Waals surface area contributed by atoms with Gasteiger partial charge in [-0.15, -0.1) is 0 Å². The smallest absolute Gasteiger partial charge is 0.363 e. The molecule has 146 valence electrons. The van der Waals surface area contributed by atoms with Crippen molar-refractivity contribution in [2.75, 3.05) is 7.11 Å². The minimum Gasteiger partial charge on any atom is -0.493 e. The quantitative estimate of drug-likeness (QED) is 0.458. The van der Waals surface area contributed by atoms with Crippen LogP contribution in [0.5, 0.6) is 11.5 Å². The normalized spacial score (nSPS) is 14.6. The summed E-state index contributed by atoms with van der Waals surface area (Å²) in [6.07, 6.45) is 3.12. The van der Waals surface area contributed by atoms with Gasteiger partial charge in [-0.05, 0) is 48.4 Å². The number of esters is 1. The van der Waals surface area contributed by atoms with Gasteiger partial charge in [0.05, 0.1) is 13.4 Å². The Labute approximate surface area is 168 Å². The highest BCUT2D eigenvalue weighted by Crippen LogP contribution is 2.30. The molecule has 1 aromatic heterocycles. The Hall–Kier alpha value is -3.80. The number of aryl methyl sites for hydroxylation is 1. The highest BCUT2D eigenvalue weighted by molar-refractivity contribution is 6.11. The minimum absolute atomic E-state index is 0.149. The Morgan fingerprint density at radius 3 is 2.62 bits per heavy atom. The summed E-state index contributed by atoms with van der Waals surface area (Å²) in [7, 11) is 1.57. The van der Waals surface area contributed by atoms with Crippen LogP contribution in [-0.4, -0.2) is 19.0 Å². The number of carbonyl (C=O) groups is 1. The van der Waals surface area contributed by atoms with Gasteiger partial charge in [-0.3, -0.25) is 0 Å².